The van der Waals surface area contributed by atoms with Gasteiger partial charge in [-0.15, -0.1) is 0 Å². The molecule has 2 rings (SSSR count). The minimum absolute atomic E-state index is 0.0234. The van der Waals surface area contributed by atoms with Gasteiger partial charge in [0, 0.05) is 24.3 Å². The third-order valence-electron chi connectivity index (χ3n) is 4.63. The molecule has 3 nitrogen and oxygen atoms in total. The summed E-state index contributed by atoms with van der Waals surface area (Å²) >= 11 is 0. The quantitative estimate of drug-likeness (QED) is 0.855. The van der Waals surface area contributed by atoms with Crippen LogP contribution in [0.25, 0.3) is 0 Å². The summed E-state index contributed by atoms with van der Waals surface area (Å²) in [5, 5.41) is 6.34. The van der Waals surface area contributed by atoms with Gasteiger partial charge in [-0.05, 0) is 56.2 Å². The van der Waals surface area contributed by atoms with Crippen LogP contribution in [0, 0.1) is 12.8 Å². The summed E-state index contributed by atoms with van der Waals surface area (Å²) in [5.74, 6) is 0.899. The van der Waals surface area contributed by atoms with Crippen molar-refractivity contribution in [3.63, 3.8) is 0 Å². The van der Waals surface area contributed by atoms with E-state index in [1.165, 1.54) is 44.1 Å². The van der Waals surface area contributed by atoms with Gasteiger partial charge in [-0.1, -0.05) is 25.8 Å². The van der Waals surface area contributed by atoms with Gasteiger partial charge in [0.15, 0.2) is 0 Å². The van der Waals surface area contributed by atoms with Gasteiger partial charge in [0.05, 0.1) is 0 Å². The van der Waals surface area contributed by atoms with Crippen LogP contribution in [-0.4, -0.2) is 19.0 Å². The molecule has 1 amide bonds. The minimum atomic E-state index is -0.0234. The fourth-order valence-electron chi connectivity index (χ4n) is 3.29. The van der Waals surface area contributed by atoms with E-state index >= 15 is 0 Å². The first-order valence-electron chi connectivity index (χ1n) is 8.23. The number of carbonyl (C=O) groups excluding carboxylic acids is 1. The second-order valence-electron chi connectivity index (χ2n) is 6.26. The maximum atomic E-state index is 11.7. The van der Waals surface area contributed by atoms with Gasteiger partial charge in [0.1, 0.15) is 0 Å². The number of anilines is 1. The lowest BCUT2D eigenvalue weighted by molar-refractivity contribution is 0.0963. The molecule has 0 spiro atoms. The molecule has 1 aromatic carbocycles. The number of carbonyl (C=O) groups is 1. The SMILES string of the molecule is CCCC1CCC(Nc2cc(C(=O)NC)ccc2C)CC1. The van der Waals surface area contributed by atoms with Crippen molar-refractivity contribution in [3.8, 4) is 0 Å². The van der Waals surface area contributed by atoms with Gasteiger partial charge in [-0.25, -0.2) is 0 Å². The molecule has 0 radical (unpaired) electrons. The molecule has 1 aliphatic carbocycles. The van der Waals surface area contributed by atoms with E-state index < -0.39 is 0 Å². The predicted molar refractivity (Wildman–Crippen MR) is 88.8 cm³/mol. The van der Waals surface area contributed by atoms with Gasteiger partial charge in [-0.3, -0.25) is 4.79 Å². The van der Waals surface area contributed by atoms with Crippen LogP contribution in [0.4, 0.5) is 5.69 Å². The number of benzene rings is 1. The Hall–Kier alpha value is -1.51. The molecule has 1 fully saturated rings. The zero-order valence-electron chi connectivity index (χ0n) is 13.5. The van der Waals surface area contributed by atoms with Crippen LogP contribution in [0.5, 0.6) is 0 Å². The van der Waals surface area contributed by atoms with E-state index in [2.05, 4.69) is 24.5 Å². The Kier molecular flexibility index (Phi) is 5.66. The fourth-order valence-corrected chi connectivity index (χ4v) is 3.29. The molecule has 0 heterocycles. The number of hydrogen-bond donors (Lipinski definition) is 2. The molecule has 2 N–H and O–H groups in total. The second kappa shape index (κ2) is 7.48. The average molecular weight is 288 g/mol. The first-order chi connectivity index (χ1) is 10.1. The lowest BCUT2D eigenvalue weighted by atomic mass is 9.83. The molecule has 3 heteroatoms. The summed E-state index contributed by atoms with van der Waals surface area (Å²) in [4.78, 5) is 11.7. The molecule has 0 saturated heterocycles. The first kappa shape index (κ1) is 15.9. The smallest absolute Gasteiger partial charge is 0.251 e. The van der Waals surface area contributed by atoms with Gasteiger partial charge in [0.2, 0.25) is 0 Å². The van der Waals surface area contributed by atoms with Crippen molar-refractivity contribution in [1.82, 2.24) is 5.32 Å². The minimum Gasteiger partial charge on any atom is -0.382 e. The summed E-state index contributed by atoms with van der Waals surface area (Å²) < 4.78 is 0. The maximum Gasteiger partial charge on any atom is 0.251 e. The van der Waals surface area contributed by atoms with Gasteiger partial charge >= 0.3 is 0 Å². The Morgan fingerprint density at radius 2 is 1.95 bits per heavy atom. The molecule has 1 aliphatic rings. The highest BCUT2D eigenvalue weighted by molar-refractivity contribution is 5.95. The van der Waals surface area contributed by atoms with Crippen molar-refractivity contribution >= 4 is 11.6 Å². The van der Waals surface area contributed by atoms with E-state index in [1.807, 2.05) is 18.2 Å². The van der Waals surface area contributed by atoms with Crippen molar-refractivity contribution in [2.24, 2.45) is 5.92 Å². The Balaban J connectivity index is 1.98. The van der Waals surface area contributed by atoms with Crippen LogP contribution in [0.3, 0.4) is 0 Å². The summed E-state index contributed by atoms with van der Waals surface area (Å²) in [5.41, 5.74) is 3.04. The highest BCUT2D eigenvalue weighted by Gasteiger charge is 2.21. The molecule has 0 unspecified atom stereocenters. The van der Waals surface area contributed by atoms with E-state index in [4.69, 9.17) is 0 Å². The standard InChI is InChI=1S/C18H28N2O/c1-4-5-14-7-10-16(11-8-14)20-17-12-15(18(21)19-3)9-6-13(17)2/h6,9,12,14,16,20H,4-5,7-8,10-11H2,1-3H3,(H,19,21). The second-order valence-corrected chi connectivity index (χ2v) is 6.26. The third kappa shape index (κ3) is 4.23. The highest BCUT2D eigenvalue weighted by Crippen LogP contribution is 2.30. The van der Waals surface area contributed by atoms with Crippen LogP contribution < -0.4 is 10.6 Å². The Morgan fingerprint density at radius 3 is 2.57 bits per heavy atom. The first-order valence-corrected chi connectivity index (χ1v) is 8.23. The molecule has 0 aromatic heterocycles. The highest BCUT2D eigenvalue weighted by atomic mass is 16.1. The van der Waals surface area contributed by atoms with Crippen molar-refractivity contribution in [3.05, 3.63) is 29.3 Å². The summed E-state index contributed by atoms with van der Waals surface area (Å²) in [6.07, 6.45) is 7.83. The molecule has 1 aromatic rings. The van der Waals surface area contributed by atoms with E-state index in [1.54, 1.807) is 7.05 Å². The molecule has 0 aliphatic heterocycles. The van der Waals surface area contributed by atoms with E-state index in [-0.39, 0.29) is 5.91 Å². The summed E-state index contributed by atoms with van der Waals surface area (Å²) in [6.45, 7) is 4.37. The molecular formula is C18H28N2O. The lowest BCUT2D eigenvalue weighted by Crippen LogP contribution is -2.26. The van der Waals surface area contributed by atoms with Crippen LogP contribution in [0.1, 0.15) is 61.4 Å². The Labute approximate surface area is 128 Å². The van der Waals surface area contributed by atoms with Crippen LogP contribution in [0.2, 0.25) is 0 Å². The van der Waals surface area contributed by atoms with Crippen molar-refractivity contribution in [2.75, 3.05) is 12.4 Å². The Bertz CT molecular complexity index is 476. The van der Waals surface area contributed by atoms with Crippen molar-refractivity contribution in [1.29, 1.82) is 0 Å². The monoisotopic (exact) mass is 288 g/mol. The van der Waals surface area contributed by atoms with Gasteiger partial charge in [-0.2, -0.15) is 0 Å². The normalized spacial score (nSPS) is 21.9. The zero-order chi connectivity index (χ0) is 15.2. The van der Waals surface area contributed by atoms with Gasteiger partial charge < -0.3 is 10.6 Å². The van der Waals surface area contributed by atoms with E-state index in [0.717, 1.165) is 17.2 Å². The molecule has 21 heavy (non-hydrogen) atoms. The van der Waals surface area contributed by atoms with E-state index in [0.29, 0.717) is 6.04 Å². The van der Waals surface area contributed by atoms with Crippen LogP contribution in [-0.2, 0) is 0 Å². The fraction of sp³-hybridized carbons (Fsp3) is 0.611. The van der Waals surface area contributed by atoms with Crippen LogP contribution >= 0.6 is 0 Å². The summed E-state index contributed by atoms with van der Waals surface area (Å²) in [7, 11) is 1.67. The number of amides is 1. The van der Waals surface area contributed by atoms with Gasteiger partial charge in [0.25, 0.3) is 5.91 Å². The molecule has 116 valence electrons. The van der Waals surface area contributed by atoms with Crippen molar-refractivity contribution < 1.29 is 4.79 Å². The number of nitrogens with one attached hydrogen (secondary N) is 2. The zero-order valence-corrected chi connectivity index (χ0v) is 13.5. The lowest BCUT2D eigenvalue weighted by Gasteiger charge is -2.30. The van der Waals surface area contributed by atoms with Crippen molar-refractivity contribution in [2.45, 2.75) is 58.4 Å². The average Bonchev–Trinajstić information content (AvgIpc) is 2.51. The molecule has 1 saturated carbocycles. The van der Waals surface area contributed by atoms with Crippen LogP contribution in [0.15, 0.2) is 18.2 Å². The molecule has 0 bridgehead atoms. The predicted octanol–water partition coefficient (Wildman–Crippen LogP) is 4.13. The maximum absolute atomic E-state index is 11.7. The Morgan fingerprint density at radius 1 is 1.24 bits per heavy atom. The number of hydrogen-bond acceptors (Lipinski definition) is 2. The molecular weight excluding hydrogens is 260 g/mol. The molecule has 0 atom stereocenters. The largest absolute Gasteiger partial charge is 0.382 e. The summed E-state index contributed by atoms with van der Waals surface area (Å²) in [6, 6.07) is 6.44. The number of rotatable bonds is 5. The number of aryl methyl sites for hydroxylation is 1. The van der Waals surface area contributed by atoms with E-state index in [9.17, 15) is 4.79 Å². The topological polar surface area (TPSA) is 41.1 Å². The third-order valence-corrected chi connectivity index (χ3v) is 4.63.